The largest absolute Gasteiger partial charge is 0.495 e. The third-order valence-electron chi connectivity index (χ3n) is 5.51. The van der Waals surface area contributed by atoms with Crippen LogP contribution >= 0.6 is 0 Å². The van der Waals surface area contributed by atoms with Crippen molar-refractivity contribution in [1.82, 2.24) is 15.0 Å². The maximum absolute atomic E-state index is 12.8. The molecule has 1 fully saturated rings. The highest BCUT2D eigenvalue weighted by Gasteiger charge is 2.52. The Kier molecular flexibility index (Phi) is 4.16. The van der Waals surface area contributed by atoms with E-state index in [4.69, 9.17) is 9.31 Å². The van der Waals surface area contributed by atoms with Gasteiger partial charge < -0.3 is 9.31 Å². The smallest absolute Gasteiger partial charge is 0.399 e. The Morgan fingerprint density at radius 1 is 0.963 bits per heavy atom. The van der Waals surface area contributed by atoms with Gasteiger partial charge in [0.1, 0.15) is 5.52 Å². The van der Waals surface area contributed by atoms with E-state index in [0.29, 0.717) is 17.4 Å². The van der Waals surface area contributed by atoms with Crippen molar-refractivity contribution in [3.8, 4) is 0 Å². The molecule has 1 aliphatic heterocycles. The molecule has 0 saturated carbocycles. The molecular formula is C20H22BN3O3. The summed E-state index contributed by atoms with van der Waals surface area (Å²) in [4.78, 5) is 12.8. The van der Waals surface area contributed by atoms with Gasteiger partial charge in [0.05, 0.1) is 23.1 Å². The molecule has 6 nitrogen and oxygen atoms in total. The van der Waals surface area contributed by atoms with Crippen LogP contribution in [0, 0.1) is 0 Å². The lowest BCUT2D eigenvalue weighted by molar-refractivity contribution is 0.00578. The quantitative estimate of drug-likeness (QED) is 0.667. The second kappa shape index (κ2) is 6.28. The van der Waals surface area contributed by atoms with Gasteiger partial charge in [-0.05, 0) is 50.9 Å². The average molecular weight is 363 g/mol. The van der Waals surface area contributed by atoms with Gasteiger partial charge in [0.25, 0.3) is 5.56 Å². The van der Waals surface area contributed by atoms with E-state index < -0.39 is 18.3 Å². The van der Waals surface area contributed by atoms with Gasteiger partial charge in [-0.1, -0.05) is 41.6 Å². The molecule has 0 atom stereocenters. The zero-order chi connectivity index (χ0) is 19.2. The van der Waals surface area contributed by atoms with Crippen LogP contribution in [0.3, 0.4) is 0 Å². The molecule has 0 unspecified atom stereocenters. The Hall–Kier alpha value is -2.51. The number of rotatable bonds is 3. The zero-order valence-corrected chi connectivity index (χ0v) is 16.0. The fourth-order valence-electron chi connectivity index (χ4n) is 3.17. The van der Waals surface area contributed by atoms with Crippen LogP contribution in [0.2, 0.25) is 0 Å². The predicted octanol–water partition coefficient (Wildman–Crippen LogP) is 2.14. The van der Waals surface area contributed by atoms with Crippen LogP contribution in [0.4, 0.5) is 0 Å². The summed E-state index contributed by atoms with van der Waals surface area (Å²) in [6.45, 7) is 8.39. The first-order valence-electron chi connectivity index (χ1n) is 9.04. The summed E-state index contributed by atoms with van der Waals surface area (Å²) >= 11 is 0. The van der Waals surface area contributed by atoms with E-state index in [0.717, 1.165) is 11.0 Å². The molecule has 0 amide bonds. The summed E-state index contributed by atoms with van der Waals surface area (Å²) in [7, 11) is -0.490. The normalized spacial score (nSPS) is 18.1. The molecule has 0 spiro atoms. The molecule has 7 heteroatoms. The summed E-state index contributed by atoms with van der Waals surface area (Å²) in [6, 6.07) is 15.0. The Balaban J connectivity index is 1.71. The number of hydrogen-bond donors (Lipinski definition) is 0. The summed E-state index contributed by atoms with van der Waals surface area (Å²) in [5.74, 6) is 0. The number of hydrogen-bond acceptors (Lipinski definition) is 5. The van der Waals surface area contributed by atoms with Gasteiger partial charge in [0.15, 0.2) is 0 Å². The molecular weight excluding hydrogens is 341 g/mol. The van der Waals surface area contributed by atoms with Crippen LogP contribution in [-0.2, 0) is 15.9 Å². The van der Waals surface area contributed by atoms with Crippen molar-refractivity contribution < 1.29 is 9.31 Å². The van der Waals surface area contributed by atoms with Crippen molar-refractivity contribution in [2.45, 2.75) is 45.4 Å². The second-order valence-electron chi connectivity index (χ2n) is 7.86. The number of fused-ring (bicyclic) bond motifs is 1. The lowest BCUT2D eigenvalue weighted by Crippen LogP contribution is -2.41. The van der Waals surface area contributed by atoms with E-state index in [1.54, 1.807) is 12.1 Å². The highest BCUT2D eigenvalue weighted by atomic mass is 16.7. The van der Waals surface area contributed by atoms with Gasteiger partial charge in [-0.25, -0.2) is 4.68 Å². The van der Waals surface area contributed by atoms with E-state index in [1.807, 2.05) is 64.1 Å². The zero-order valence-electron chi connectivity index (χ0n) is 16.0. The topological polar surface area (TPSA) is 66.2 Å². The van der Waals surface area contributed by atoms with Crippen LogP contribution in [0.15, 0.2) is 53.3 Å². The molecule has 4 rings (SSSR count). The SMILES string of the molecule is CC1(C)OB(c2ccccc2Cn2nnc3ccccc3c2=O)OC1(C)C. The van der Waals surface area contributed by atoms with Gasteiger partial charge >= 0.3 is 7.12 Å². The van der Waals surface area contributed by atoms with Crippen LogP contribution in [0.5, 0.6) is 0 Å². The summed E-state index contributed by atoms with van der Waals surface area (Å²) < 4.78 is 13.7. The van der Waals surface area contributed by atoms with E-state index in [1.165, 1.54) is 4.68 Å². The molecule has 2 aromatic carbocycles. The molecule has 0 radical (unpaired) electrons. The highest BCUT2D eigenvalue weighted by Crippen LogP contribution is 2.36. The molecule has 27 heavy (non-hydrogen) atoms. The monoisotopic (exact) mass is 363 g/mol. The lowest BCUT2D eigenvalue weighted by Gasteiger charge is -2.32. The van der Waals surface area contributed by atoms with Gasteiger partial charge in [-0.15, -0.1) is 5.10 Å². The third-order valence-corrected chi connectivity index (χ3v) is 5.51. The average Bonchev–Trinajstić information content (AvgIpc) is 2.85. The van der Waals surface area contributed by atoms with Gasteiger partial charge in [-0.2, -0.15) is 0 Å². The van der Waals surface area contributed by atoms with Crippen LogP contribution in [0.1, 0.15) is 33.3 Å². The first-order valence-corrected chi connectivity index (χ1v) is 9.04. The Morgan fingerprint density at radius 3 is 2.33 bits per heavy atom. The third kappa shape index (κ3) is 3.07. The van der Waals surface area contributed by atoms with Crippen molar-refractivity contribution in [3.63, 3.8) is 0 Å². The van der Waals surface area contributed by atoms with E-state index >= 15 is 0 Å². The number of aromatic nitrogens is 3. The minimum Gasteiger partial charge on any atom is -0.399 e. The van der Waals surface area contributed by atoms with E-state index in [-0.39, 0.29) is 5.56 Å². The Labute approximate surface area is 158 Å². The van der Waals surface area contributed by atoms with Crippen LogP contribution in [-0.4, -0.2) is 33.3 Å². The second-order valence-corrected chi connectivity index (χ2v) is 7.86. The van der Waals surface area contributed by atoms with Crippen molar-refractivity contribution in [2.24, 2.45) is 0 Å². The molecule has 3 aromatic rings. The first kappa shape index (κ1) is 17.9. The Bertz CT molecular complexity index is 1050. The van der Waals surface area contributed by atoms with Gasteiger partial charge in [-0.3, -0.25) is 4.79 Å². The summed E-state index contributed by atoms with van der Waals surface area (Å²) in [5, 5.41) is 8.82. The molecule has 1 aliphatic rings. The van der Waals surface area contributed by atoms with E-state index in [2.05, 4.69) is 10.3 Å². The highest BCUT2D eigenvalue weighted by molar-refractivity contribution is 6.62. The summed E-state index contributed by atoms with van der Waals surface area (Å²) in [5.41, 5.74) is 1.40. The molecule has 0 bridgehead atoms. The van der Waals surface area contributed by atoms with Crippen molar-refractivity contribution >= 4 is 23.5 Å². The molecule has 0 aliphatic carbocycles. The van der Waals surface area contributed by atoms with Crippen molar-refractivity contribution in [3.05, 3.63) is 64.4 Å². The van der Waals surface area contributed by atoms with Crippen molar-refractivity contribution in [2.75, 3.05) is 0 Å². The lowest BCUT2D eigenvalue weighted by atomic mass is 9.76. The number of benzene rings is 2. The van der Waals surface area contributed by atoms with E-state index in [9.17, 15) is 4.79 Å². The first-order chi connectivity index (χ1) is 12.8. The number of nitrogens with zero attached hydrogens (tertiary/aromatic N) is 3. The van der Waals surface area contributed by atoms with Crippen LogP contribution < -0.4 is 11.0 Å². The fraction of sp³-hybridized carbons (Fsp3) is 0.350. The predicted molar refractivity (Wildman–Crippen MR) is 105 cm³/mol. The fourth-order valence-corrected chi connectivity index (χ4v) is 3.17. The van der Waals surface area contributed by atoms with Gasteiger partial charge in [0.2, 0.25) is 0 Å². The molecule has 2 heterocycles. The molecule has 0 N–H and O–H groups in total. The Morgan fingerprint density at radius 2 is 1.59 bits per heavy atom. The standard InChI is InChI=1S/C20H22BN3O3/c1-19(2)20(3,4)27-21(26-19)16-11-7-5-9-14(16)13-24-18(25)15-10-6-8-12-17(15)22-23-24/h5-12H,13H2,1-4H3. The molecule has 138 valence electrons. The maximum Gasteiger partial charge on any atom is 0.495 e. The minimum absolute atomic E-state index is 0.163. The van der Waals surface area contributed by atoms with Crippen molar-refractivity contribution in [1.29, 1.82) is 0 Å². The summed E-state index contributed by atoms with van der Waals surface area (Å²) in [6.07, 6.45) is 0. The molecule has 1 aromatic heterocycles. The maximum atomic E-state index is 12.8. The minimum atomic E-state index is -0.490. The molecule has 1 saturated heterocycles. The van der Waals surface area contributed by atoms with Gasteiger partial charge in [0, 0.05) is 0 Å². The van der Waals surface area contributed by atoms with Crippen LogP contribution in [0.25, 0.3) is 10.9 Å².